The van der Waals surface area contributed by atoms with Gasteiger partial charge in [0.25, 0.3) is 5.91 Å². The number of ether oxygens (including phenoxy) is 2. The van der Waals surface area contributed by atoms with Gasteiger partial charge in [-0.05, 0) is 43.7 Å². The minimum atomic E-state index is -0.0659. The van der Waals surface area contributed by atoms with Gasteiger partial charge >= 0.3 is 0 Å². The van der Waals surface area contributed by atoms with Crippen LogP contribution in [0.2, 0.25) is 0 Å². The van der Waals surface area contributed by atoms with E-state index in [4.69, 9.17) is 15.2 Å². The molecule has 8 heteroatoms. The van der Waals surface area contributed by atoms with Gasteiger partial charge in [0.1, 0.15) is 11.5 Å². The summed E-state index contributed by atoms with van der Waals surface area (Å²) in [5.41, 5.74) is 6.31. The fraction of sp³-hybridized carbons (Fsp3) is 0.600. The van der Waals surface area contributed by atoms with Gasteiger partial charge in [0.2, 0.25) is 5.91 Å². The highest BCUT2D eigenvalue weighted by Gasteiger charge is 2.34. The smallest absolute Gasteiger partial charge is 0.254 e. The van der Waals surface area contributed by atoms with Crippen LogP contribution in [0.25, 0.3) is 0 Å². The molecule has 1 aromatic rings. The Hall–Kier alpha value is -1.99. The number of benzene rings is 1. The van der Waals surface area contributed by atoms with Gasteiger partial charge in [0.15, 0.2) is 0 Å². The second kappa shape index (κ2) is 9.98. The van der Waals surface area contributed by atoms with E-state index in [-0.39, 0.29) is 36.2 Å². The summed E-state index contributed by atoms with van der Waals surface area (Å²) in [7, 11) is 3.12. The number of likely N-dealkylation sites (tertiary alicyclic amines) is 1. The normalized spacial score (nSPS) is 18.0. The minimum absolute atomic E-state index is 0. The lowest BCUT2D eigenvalue weighted by Gasteiger charge is -2.32. The first-order valence-corrected chi connectivity index (χ1v) is 9.58. The molecule has 2 aliphatic rings. The maximum atomic E-state index is 12.8. The monoisotopic (exact) mass is 411 g/mol. The minimum Gasteiger partial charge on any atom is -0.497 e. The molecule has 1 saturated carbocycles. The molecule has 3 rings (SSSR count). The average Bonchev–Trinajstić information content (AvgIpc) is 3.56. The number of piperidine rings is 1. The topological polar surface area (TPSA) is 93.9 Å². The van der Waals surface area contributed by atoms with Crippen LogP contribution in [-0.4, -0.2) is 56.6 Å². The Kier molecular flexibility index (Phi) is 7.95. The molecule has 1 saturated heterocycles. The average molecular weight is 412 g/mol. The summed E-state index contributed by atoms with van der Waals surface area (Å²) in [6.45, 7) is 1.62. The summed E-state index contributed by atoms with van der Waals surface area (Å²) >= 11 is 0. The number of carbonyl (C=O) groups is 2. The summed E-state index contributed by atoms with van der Waals surface area (Å²) in [6.07, 6.45) is 3.64. The zero-order valence-corrected chi connectivity index (χ0v) is 17.3. The number of nitrogens with two attached hydrogens (primary N) is 1. The standard InChI is InChI=1S/C20H29N3O4.ClH/c1-26-16-9-15(10-17(11-16)27-2)20(25)23-7-5-14(6-8-23)19(24)22-18(12-21)13-3-4-13;/h9-11,13-14,18H,3-8,12,21H2,1-2H3,(H,22,24);1H. The van der Waals surface area contributed by atoms with E-state index in [2.05, 4.69) is 5.32 Å². The summed E-state index contributed by atoms with van der Waals surface area (Å²) < 4.78 is 10.5. The SMILES string of the molecule is COc1cc(OC)cc(C(=O)N2CCC(C(=O)NC(CN)C3CC3)CC2)c1.Cl. The third-order valence-electron chi connectivity index (χ3n) is 5.52. The Labute approximate surface area is 172 Å². The first kappa shape index (κ1) is 22.3. The molecule has 1 aliphatic carbocycles. The highest BCUT2D eigenvalue weighted by atomic mass is 35.5. The van der Waals surface area contributed by atoms with Crippen molar-refractivity contribution < 1.29 is 19.1 Å². The van der Waals surface area contributed by atoms with Crippen molar-refractivity contribution in [1.82, 2.24) is 10.2 Å². The molecule has 0 aromatic heterocycles. The molecule has 1 aliphatic heterocycles. The number of amides is 2. The van der Waals surface area contributed by atoms with Gasteiger partial charge in [-0.1, -0.05) is 0 Å². The van der Waals surface area contributed by atoms with Crippen LogP contribution in [0.5, 0.6) is 11.5 Å². The number of halogens is 1. The molecule has 0 radical (unpaired) electrons. The molecule has 0 spiro atoms. The van der Waals surface area contributed by atoms with Crippen LogP contribution in [0.1, 0.15) is 36.0 Å². The van der Waals surface area contributed by atoms with Gasteiger partial charge in [0, 0.05) is 43.2 Å². The van der Waals surface area contributed by atoms with E-state index in [1.807, 2.05) is 0 Å². The van der Waals surface area contributed by atoms with Crippen LogP contribution in [0.4, 0.5) is 0 Å². The van der Waals surface area contributed by atoms with Crippen molar-refractivity contribution in [3.63, 3.8) is 0 Å². The van der Waals surface area contributed by atoms with E-state index in [0.717, 1.165) is 12.8 Å². The summed E-state index contributed by atoms with van der Waals surface area (Å²) in [5.74, 6) is 1.67. The third kappa shape index (κ3) is 5.29. The summed E-state index contributed by atoms with van der Waals surface area (Å²) in [6, 6.07) is 5.26. The second-order valence-electron chi connectivity index (χ2n) is 7.36. The van der Waals surface area contributed by atoms with Crippen molar-refractivity contribution in [3.8, 4) is 11.5 Å². The molecule has 3 N–H and O–H groups in total. The molecule has 7 nitrogen and oxygen atoms in total. The van der Waals surface area contributed by atoms with Crippen LogP contribution >= 0.6 is 12.4 Å². The molecule has 1 heterocycles. The Morgan fingerprint density at radius 1 is 1.11 bits per heavy atom. The Balaban J connectivity index is 0.00000280. The van der Waals surface area contributed by atoms with E-state index >= 15 is 0 Å². The number of nitrogens with zero attached hydrogens (tertiary/aromatic N) is 1. The van der Waals surface area contributed by atoms with Crippen LogP contribution < -0.4 is 20.5 Å². The number of hydrogen-bond donors (Lipinski definition) is 2. The van der Waals surface area contributed by atoms with Crippen molar-refractivity contribution in [2.75, 3.05) is 33.9 Å². The molecular weight excluding hydrogens is 382 g/mol. The predicted molar refractivity (Wildman–Crippen MR) is 109 cm³/mol. The molecule has 1 aromatic carbocycles. The van der Waals surface area contributed by atoms with Gasteiger partial charge in [-0.15, -0.1) is 12.4 Å². The number of methoxy groups -OCH3 is 2. The van der Waals surface area contributed by atoms with Crippen molar-refractivity contribution in [1.29, 1.82) is 0 Å². The Bertz CT molecular complexity index is 666. The van der Waals surface area contributed by atoms with Crippen LogP contribution in [0.3, 0.4) is 0 Å². The number of carbonyl (C=O) groups excluding carboxylic acids is 2. The van der Waals surface area contributed by atoms with E-state index in [1.165, 1.54) is 0 Å². The zero-order chi connectivity index (χ0) is 19.4. The fourth-order valence-electron chi connectivity index (χ4n) is 3.63. The molecule has 28 heavy (non-hydrogen) atoms. The molecule has 2 fully saturated rings. The summed E-state index contributed by atoms with van der Waals surface area (Å²) in [4.78, 5) is 27.1. The highest BCUT2D eigenvalue weighted by molar-refractivity contribution is 5.95. The molecular formula is C20H30ClN3O4. The van der Waals surface area contributed by atoms with E-state index in [9.17, 15) is 9.59 Å². The molecule has 1 atom stereocenters. The van der Waals surface area contributed by atoms with E-state index in [1.54, 1.807) is 37.3 Å². The molecule has 156 valence electrons. The van der Waals surface area contributed by atoms with Crippen LogP contribution in [0.15, 0.2) is 18.2 Å². The first-order chi connectivity index (χ1) is 13.0. The Morgan fingerprint density at radius 3 is 2.14 bits per heavy atom. The molecule has 2 amide bonds. The lowest BCUT2D eigenvalue weighted by molar-refractivity contribution is -0.127. The van der Waals surface area contributed by atoms with Crippen LogP contribution in [-0.2, 0) is 4.79 Å². The fourth-order valence-corrected chi connectivity index (χ4v) is 3.63. The number of nitrogens with one attached hydrogen (secondary N) is 1. The van der Waals surface area contributed by atoms with Crippen molar-refractivity contribution >= 4 is 24.2 Å². The number of hydrogen-bond acceptors (Lipinski definition) is 5. The van der Waals surface area contributed by atoms with Crippen molar-refractivity contribution in [2.45, 2.75) is 31.7 Å². The van der Waals surface area contributed by atoms with Crippen molar-refractivity contribution in [2.24, 2.45) is 17.6 Å². The zero-order valence-electron chi connectivity index (χ0n) is 16.5. The van der Waals surface area contributed by atoms with Gasteiger partial charge in [-0.25, -0.2) is 0 Å². The van der Waals surface area contributed by atoms with Gasteiger partial charge < -0.3 is 25.4 Å². The van der Waals surface area contributed by atoms with E-state index < -0.39 is 0 Å². The third-order valence-corrected chi connectivity index (χ3v) is 5.52. The first-order valence-electron chi connectivity index (χ1n) is 9.58. The summed E-state index contributed by atoms with van der Waals surface area (Å²) in [5, 5.41) is 3.10. The Morgan fingerprint density at radius 2 is 1.68 bits per heavy atom. The molecule has 1 unspecified atom stereocenters. The van der Waals surface area contributed by atoms with Crippen LogP contribution in [0, 0.1) is 11.8 Å². The second-order valence-corrected chi connectivity index (χ2v) is 7.36. The van der Waals surface area contributed by atoms with Gasteiger partial charge in [-0.3, -0.25) is 9.59 Å². The quantitative estimate of drug-likeness (QED) is 0.713. The van der Waals surface area contributed by atoms with Crippen molar-refractivity contribution in [3.05, 3.63) is 23.8 Å². The molecule has 0 bridgehead atoms. The highest BCUT2D eigenvalue weighted by Crippen LogP contribution is 2.32. The van der Waals surface area contributed by atoms with E-state index in [0.29, 0.717) is 55.5 Å². The number of rotatable bonds is 7. The predicted octanol–water partition coefficient (Wildman–Crippen LogP) is 1.83. The lowest BCUT2D eigenvalue weighted by atomic mass is 9.94. The van der Waals surface area contributed by atoms with Gasteiger partial charge in [-0.2, -0.15) is 0 Å². The lowest BCUT2D eigenvalue weighted by Crippen LogP contribution is -2.48. The maximum Gasteiger partial charge on any atom is 0.254 e. The largest absolute Gasteiger partial charge is 0.497 e. The maximum absolute atomic E-state index is 12.8. The van der Waals surface area contributed by atoms with Gasteiger partial charge in [0.05, 0.1) is 14.2 Å².